The number of phenolic OH excluding ortho intramolecular Hbond substituents is 1. The molecular weight excluding hydrogens is 328 g/mol. The van der Waals surface area contributed by atoms with Crippen LogP contribution in [0.3, 0.4) is 0 Å². The molecule has 1 unspecified atom stereocenters. The van der Waals surface area contributed by atoms with E-state index in [2.05, 4.69) is 19.1 Å². The first-order valence-corrected chi connectivity index (χ1v) is 8.41. The smallest absolute Gasteiger partial charge is 0.344 e. The van der Waals surface area contributed by atoms with Crippen molar-refractivity contribution in [2.75, 3.05) is 7.11 Å². The average Bonchev–Trinajstić information content (AvgIpc) is 2.67. The molecule has 1 N–H and O–H groups in total. The average molecular weight is 346 g/mol. The fourth-order valence-corrected chi connectivity index (χ4v) is 3.33. The van der Waals surface area contributed by atoms with Crippen LogP contribution in [0.2, 0.25) is 0 Å². The zero-order valence-electron chi connectivity index (χ0n) is 14.5. The van der Waals surface area contributed by atoms with Crippen molar-refractivity contribution >= 4 is 21.7 Å². The van der Waals surface area contributed by atoms with Gasteiger partial charge in [0.25, 0.3) is 0 Å². The van der Waals surface area contributed by atoms with Crippen LogP contribution in [-0.2, 0) is 0 Å². The standard InChI is InChI=1S/C22H18O4/c1-13(14-6-4-3-5-7-14)15-8-9-16-17-11-21(25-2)19(23)12-20(17)26-22(24)18(16)10-15/h3-13,23H,1-2H3. The zero-order chi connectivity index (χ0) is 18.3. The van der Waals surface area contributed by atoms with Crippen LogP contribution in [0.4, 0.5) is 0 Å². The second-order valence-corrected chi connectivity index (χ2v) is 6.35. The summed E-state index contributed by atoms with van der Waals surface area (Å²) in [6.07, 6.45) is 0. The molecule has 0 saturated heterocycles. The van der Waals surface area contributed by atoms with Gasteiger partial charge in [-0.05, 0) is 23.3 Å². The van der Waals surface area contributed by atoms with E-state index in [1.165, 1.54) is 18.7 Å². The van der Waals surface area contributed by atoms with E-state index in [1.54, 1.807) is 6.07 Å². The Bertz CT molecular complexity index is 1160. The number of rotatable bonds is 3. The zero-order valence-corrected chi connectivity index (χ0v) is 14.5. The summed E-state index contributed by atoms with van der Waals surface area (Å²) in [5.41, 5.74) is 2.15. The third-order valence-corrected chi connectivity index (χ3v) is 4.84. The van der Waals surface area contributed by atoms with Crippen LogP contribution in [0.5, 0.6) is 11.5 Å². The lowest BCUT2D eigenvalue weighted by atomic mass is 9.91. The quantitative estimate of drug-likeness (QED) is 0.427. The van der Waals surface area contributed by atoms with Crippen molar-refractivity contribution in [3.05, 3.63) is 82.2 Å². The van der Waals surface area contributed by atoms with Gasteiger partial charge in [0.2, 0.25) is 0 Å². The van der Waals surface area contributed by atoms with Gasteiger partial charge in [-0.2, -0.15) is 0 Å². The van der Waals surface area contributed by atoms with E-state index in [1.807, 2.05) is 36.4 Å². The van der Waals surface area contributed by atoms with Crippen LogP contribution < -0.4 is 10.4 Å². The van der Waals surface area contributed by atoms with E-state index < -0.39 is 5.63 Å². The van der Waals surface area contributed by atoms with Gasteiger partial charge in [-0.1, -0.05) is 49.4 Å². The molecule has 130 valence electrons. The monoisotopic (exact) mass is 346 g/mol. The molecule has 1 aromatic heterocycles. The summed E-state index contributed by atoms with van der Waals surface area (Å²) in [6.45, 7) is 2.11. The highest BCUT2D eigenvalue weighted by atomic mass is 16.5. The van der Waals surface area contributed by atoms with Gasteiger partial charge >= 0.3 is 5.63 Å². The molecule has 0 saturated carbocycles. The van der Waals surface area contributed by atoms with Crippen molar-refractivity contribution in [3.63, 3.8) is 0 Å². The molecular formula is C22H18O4. The van der Waals surface area contributed by atoms with Crippen LogP contribution in [0.25, 0.3) is 21.7 Å². The lowest BCUT2D eigenvalue weighted by Crippen LogP contribution is -2.03. The van der Waals surface area contributed by atoms with Crippen LogP contribution in [0.1, 0.15) is 24.0 Å². The molecule has 0 aliphatic heterocycles. The second kappa shape index (κ2) is 6.23. The summed E-state index contributed by atoms with van der Waals surface area (Å²) >= 11 is 0. The maximum Gasteiger partial charge on any atom is 0.344 e. The number of phenols is 1. The highest BCUT2D eigenvalue weighted by Crippen LogP contribution is 2.35. The van der Waals surface area contributed by atoms with Gasteiger partial charge in [0, 0.05) is 22.8 Å². The van der Waals surface area contributed by atoms with Crippen molar-refractivity contribution in [2.24, 2.45) is 0 Å². The largest absolute Gasteiger partial charge is 0.504 e. The van der Waals surface area contributed by atoms with E-state index in [4.69, 9.17) is 9.15 Å². The number of fused-ring (bicyclic) bond motifs is 3. The maximum atomic E-state index is 12.5. The van der Waals surface area contributed by atoms with Crippen molar-refractivity contribution in [3.8, 4) is 11.5 Å². The molecule has 3 aromatic carbocycles. The summed E-state index contributed by atoms with van der Waals surface area (Å²) in [4.78, 5) is 12.5. The lowest BCUT2D eigenvalue weighted by Gasteiger charge is -2.14. The minimum atomic E-state index is -0.417. The minimum absolute atomic E-state index is 0.0585. The molecule has 0 aliphatic rings. The Morgan fingerprint density at radius 3 is 2.42 bits per heavy atom. The molecule has 0 radical (unpaired) electrons. The molecule has 0 fully saturated rings. The van der Waals surface area contributed by atoms with E-state index >= 15 is 0 Å². The van der Waals surface area contributed by atoms with Gasteiger partial charge in [-0.3, -0.25) is 0 Å². The van der Waals surface area contributed by atoms with Crippen molar-refractivity contribution in [2.45, 2.75) is 12.8 Å². The van der Waals surface area contributed by atoms with E-state index in [9.17, 15) is 9.90 Å². The number of hydrogen-bond donors (Lipinski definition) is 1. The fraction of sp³-hybridized carbons (Fsp3) is 0.136. The Kier molecular flexibility index (Phi) is 3.88. The van der Waals surface area contributed by atoms with Crippen molar-refractivity contribution in [1.29, 1.82) is 0 Å². The van der Waals surface area contributed by atoms with Crippen molar-refractivity contribution < 1.29 is 14.3 Å². The third kappa shape index (κ3) is 2.60. The third-order valence-electron chi connectivity index (χ3n) is 4.84. The van der Waals surface area contributed by atoms with E-state index in [0.717, 1.165) is 16.3 Å². The maximum absolute atomic E-state index is 12.5. The summed E-state index contributed by atoms with van der Waals surface area (Å²) in [7, 11) is 1.49. The first-order chi connectivity index (χ1) is 12.6. The normalized spacial score (nSPS) is 12.4. The fourth-order valence-electron chi connectivity index (χ4n) is 3.33. The molecule has 4 heteroatoms. The highest BCUT2D eigenvalue weighted by Gasteiger charge is 2.14. The second-order valence-electron chi connectivity index (χ2n) is 6.35. The van der Waals surface area contributed by atoms with E-state index in [0.29, 0.717) is 16.7 Å². The van der Waals surface area contributed by atoms with Gasteiger partial charge in [-0.25, -0.2) is 4.79 Å². The van der Waals surface area contributed by atoms with Crippen LogP contribution in [0.15, 0.2) is 69.9 Å². The summed E-state index contributed by atoms with van der Waals surface area (Å²) in [6, 6.07) is 19.1. The van der Waals surface area contributed by atoms with E-state index in [-0.39, 0.29) is 11.7 Å². The predicted octanol–water partition coefficient (Wildman–Crippen LogP) is 4.81. The van der Waals surface area contributed by atoms with Crippen LogP contribution >= 0.6 is 0 Å². The number of ether oxygens (including phenoxy) is 1. The molecule has 0 spiro atoms. The number of aromatic hydroxyl groups is 1. The SMILES string of the molecule is COc1cc2c(cc1O)oc(=O)c1cc(C(C)c3ccccc3)ccc12. The Morgan fingerprint density at radius 2 is 1.69 bits per heavy atom. The Labute approximate surface area is 150 Å². The van der Waals surface area contributed by atoms with Gasteiger partial charge < -0.3 is 14.3 Å². The Balaban J connectivity index is 1.94. The van der Waals surface area contributed by atoms with Crippen LogP contribution in [-0.4, -0.2) is 12.2 Å². The molecule has 1 atom stereocenters. The van der Waals surface area contributed by atoms with Gasteiger partial charge in [0.15, 0.2) is 11.5 Å². The predicted molar refractivity (Wildman–Crippen MR) is 102 cm³/mol. The number of methoxy groups -OCH3 is 1. The molecule has 4 rings (SSSR count). The van der Waals surface area contributed by atoms with Gasteiger partial charge in [0.1, 0.15) is 5.58 Å². The lowest BCUT2D eigenvalue weighted by molar-refractivity contribution is 0.373. The Hall–Kier alpha value is -3.27. The molecule has 4 aromatic rings. The molecule has 4 nitrogen and oxygen atoms in total. The topological polar surface area (TPSA) is 59.7 Å². The molecule has 26 heavy (non-hydrogen) atoms. The number of hydrogen-bond acceptors (Lipinski definition) is 4. The first-order valence-electron chi connectivity index (χ1n) is 8.41. The summed E-state index contributed by atoms with van der Waals surface area (Å²) in [5.74, 6) is 0.441. The van der Waals surface area contributed by atoms with Gasteiger partial charge in [0.05, 0.1) is 12.5 Å². The molecule has 0 bridgehead atoms. The first kappa shape index (κ1) is 16.2. The summed E-state index contributed by atoms with van der Waals surface area (Å²) in [5, 5.41) is 12.0. The van der Waals surface area contributed by atoms with Crippen LogP contribution in [0, 0.1) is 0 Å². The molecule has 0 aliphatic carbocycles. The van der Waals surface area contributed by atoms with Gasteiger partial charge in [-0.15, -0.1) is 0 Å². The molecule has 0 amide bonds. The summed E-state index contributed by atoms with van der Waals surface area (Å²) < 4.78 is 10.6. The minimum Gasteiger partial charge on any atom is -0.504 e. The molecule has 1 heterocycles. The highest BCUT2D eigenvalue weighted by molar-refractivity contribution is 6.05. The van der Waals surface area contributed by atoms with Crippen molar-refractivity contribution in [1.82, 2.24) is 0 Å². The Morgan fingerprint density at radius 1 is 0.923 bits per heavy atom. The number of benzene rings is 3.